The number of rotatable bonds is 2. The van der Waals surface area contributed by atoms with E-state index in [-0.39, 0.29) is 5.82 Å². The first-order valence-electron chi connectivity index (χ1n) is 4.97. The van der Waals surface area contributed by atoms with Crippen molar-refractivity contribution in [3.8, 4) is 0 Å². The van der Waals surface area contributed by atoms with Gasteiger partial charge in [-0.2, -0.15) is 4.98 Å². The van der Waals surface area contributed by atoms with E-state index in [1.807, 2.05) is 0 Å². The predicted octanol–water partition coefficient (Wildman–Crippen LogP) is -1.59. The SMILES string of the molecule is Nc1ccn([C@@H]2O[C@H](CO)C(O)[C@H]2F)c(=O)n1. The molecule has 1 aliphatic heterocycles. The van der Waals surface area contributed by atoms with Crippen molar-refractivity contribution < 1.29 is 19.3 Å². The molecule has 7 nitrogen and oxygen atoms in total. The van der Waals surface area contributed by atoms with Crippen LogP contribution in [0.3, 0.4) is 0 Å². The molecule has 1 aromatic rings. The molecule has 1 aliphatic rings. The molecule has 1 saturated heterocycles. The minimum atomic E-state index is -1.81. The molecule has 0 aliphatic carbocycles. The van der Waals surface area contributed by atoms with Crippen LogP contribution in [-0.4, -0.2) is 44.8 Å². The zero-order valence-electron chi connectivity index (χ0n) is 8.73. The predicted molar refractivity (Wildman–Crippen MR) is 54.8 cm³/mol. The fourth-order valence-corrected chi connectivity index (χ4v) is 1.70. The smallest absolute Gasteiger partial charge is 0.351 e. The summed E-state index contributed by atoms with van der Waals surface area (Å²) in [4.78, 5) is 14.9. The molecule has 2 heterocycles. The Morgan fingerprint density at radius 1 is 1.65 bits per heavy atom. The minimum Gasteiger partial charge on any atom is -0.394 e. The number of nitrogens with zero attached hydrogens (tertiary/aromatic N) is 2. The highest BCUT2D eigenvalue weighted by atomic mass is 19.1. The Morgan fingerprint density at radius 3 is 2.88 bits per heavy atom. The summed E-state index contributed by atoms with van der Waals surface area (Å²) in [6, 6.07) is 1.32. The highest BCUT2D eigenvalue weighted by Gasteiger charge is 2.45. The van der Waals surface area contributed by atoms with Crippen molar-refractivity contribution in [2.45, 2.75) is 24.6 Å². The molecule has 0 bridgehead atoms. The average Bonchev–Trinajstić information content (AvgIpc) is 2.57. The van der Waals surface area contributed by atoms with Gasteiger partial charge in [0, 0.05) is 6.20 Å². The maximum atomic E-state index is 13.7. The highest BCUT2D eigenvalue weighted by molar-refractivity contribution is 5.23. The normalized spacial score (nSPS) is 32.9. The van der Waals surface area contributed by atoms with Crippen LogP contribution in [0.4, 0.5) is 10.2 Å². The number of anilines is 1. The van der Waals surface area contributed by atoms with Crippen LogP contribution in [0.2, 0.25) is 0 Å². The summed E-state index contributed by atoms with van der Waals surface area (Å²) in [6.07, 6.45) is -4.42. The fourth-order valence-electron chi connectivity index (χ4n) is 1.70. The Morgan fingerprint density at radius 2 is 2.35 bits per heavy atom. The van der Waals surface area contributed by atoms with Gasteiger partial charge in [0.1, 0.15) is 18.0 Å². The summed E-state index contributed by atoms with van der Waals surface area (Å²) in [5.74, 6) is 0.0129. The lowest BCUT2D eigenvalue weighted by Gasteiger charge is -2.15. The first-order chi connectivity index (χ1) is 8.04. The molecule has 17 heavy (non-hydrogen) atoms. The zero-order valence-corrected chi connectivity index (χ0v) is 8.73. The average molecular weight is 245 g/mol. The van der Waals surface area contributed by atoms with E-state index in [9.17, 15) is 14.3 Å². The van der Waals surface area contributed by atoms with E-state index in [0.29, 0.717) is 0 Å². The zero-order chi connectivity index (χ0) is 12.6. The summed E-state index contributed by atoms with van der Waals surface area (Å²) in [6.45, 7) is -0.533. The monoisotopic (exact) mass is 245 g/mol. The third kappa shape index (κ3) is 2.02. The lowest BCUT2D eigenvalue weighted by atomic mass is 10.1. The Hall–Kier alpha value is -1.51. The molecule has 0 spiro atoms. The summed E-state index contributed by atoms with van der Waals surface area (Å²) < 4.78 is 19.6. The van der Waals surface area contributed by atoms with Crippen LogP contribution in [0.5, 0.6) is 0 Å². The van der Waals surface area contributed by atoms with Gasteiger partial charge in [0.2, 0.25) is 0 Å². The van der Waals surface area contributed by atoms with Gasteiger partial charge < -0.3 is 20.7 Å². The Balaban J connectivity index is 2.32. The molecule has 1 aromatic heterocycles. The number of nitrogens with two attached hydrogens (primary N) is 1. The van der Waals surface area contributed by atoms with E-state index in [4.69, 9.17) is 15.6 Å². The maximum Gasteiger partial charge on any atom is 0.351 e. The van der Waals surface area contributed by atoms with Gasteiger partial charge in [-0.25, -0.2) is 9.18 Å². The summed E-state index contributed by atoms with van der Waals surface area (Å²) in [5.41, 5.74) is 4.52. The van der Waals surface area contributed by atoms with Crippen molar-refractivity contribution in [1.29, 1.82) is 0 Å². The Bertz CT molecular complexity index is 466. The molecule has 94 valence electrons. The minimum absolute atomic E-state index is 0.0129. The first-order valence-corrected chi connectivity index (χ1v) is 4.97. The van der Waals surface area contributed by atoms with Crippen LogP contribution in [0.15, 0.2) is 17.1 Å². The van der Waals surface area contributed by atoms with Crippen molar-refractivity contribution in [2.24, 2.45) is 0 Å². The third-order valence-electron chi connectivity index (χ3n) is 2.60. The summed E-state index contributed by atoms with van der Waals surface area (Å²) in [7, 11) is 0. The molecule has 0 radical (unpaired) electrons. The van der Waals surface area contributed by atoms with Crippen LogP contribution < -0.4 is 11.4 Å². The second-order valence-corrected chi connectivity index (χ2v) is 3.72. The largest absolute Gasteiger partial charge is 0.394 e. The number of hydrogen-bond acceptors (Lipinski definition) is 6. The Kier molecular flexibility index (Phi) is 3.09. The molecular formula is C9H12FN3O4. The highest BCUT2D eigenvalue weighted by Crippen LogP contribution is 2.30. The van der Waals surface area contributed by atoms with Gasteiger partial charge in [-0.05, 0) is 6.07 Å². The van der Waals surface area contributed by atoms with Gasteiger partial charge in [-0.3, -0.25) is 4.57 Å². The standard InChI is InChI=1S/C9H12FN3O4/c10-6-7(15)4(3-14)17-8(6)13-2-1-5(11)12-9(13)16/h1-2,4,6-8,14-15H,3H2,(H2,11,12,16)/t4-,6-,7?,8-/m1/s1. The number of aromatic nitrogens is 2. The van der Waals surface area contributed by atoms with Crippen molar-refractivity contribution in [1.82, 2.24) is 9.55 Å². The molecule has 4 atom stereocenters. The number of hydrogen-bond donors (Lipinski definition) is 3. The van der Waals surface area contributed by atoms with Crippen molar-refractivity contribution in [3.05, 3.63) is 22.7 Å². The van der Waals surface area contributed by atoms with Crippen molar-refractivity contribution in [2.75, 3.05) is 12.3 Å². The molecule has 4 N–H and O–H groups in total. The summed E-state index contributed by atoms with van der Waals surface area (Å²) in [5, 5.41) is 18.3. The third-order valence-corrected chi connectivity index (χ3v) is 2.60. The number of aliphatic hydroxyl groups is 2. The van der Waals surface area contributed by atoms with Crippen LogP contribution in [-0.2, 0) is 4.74 Å². The molecule has 2 rings (SSSR count). The van der Waals surface area contributed by atoms with Gasteiger partial charge in [-0.15, -0.1) is 0 Å². The molecule has 0 aromatic carbocycles. The lowest BCUT2D eigenvalue weighted by Crippen LogP contribution is -2.33. The molecule has 1 fully saturated rings. The van der Waals surface area contributed by atoms with E-state index in [0.717, 1.165) is 4.57 Å². The molecule has 1 unspecified atom stereocenters. The molecule has 0 saturated carbocycles. The number of alkyl halides is 1. The van der Waals surface area contributed by atoms with Gasteiger partial charge in [0.25, 0.3) is 0 Å². The van der Waals surface area contributed by atoms with Crippen LogP contribution in [0, 0.1) is 0 Å². The summed E-state index contributed by atoms with van der Waals surface area (Å²) >= 11 is 0. The van der Waals surface area contributed by atoms with Gasteiger partial charge in [0.05, 0.1) is 6.61 Å². The topological polar surface area (TPSA) is 111 Å². The number of ether oxygens (including phenoxy) is 1. The van der Waals surface area contributed by atoms with E-state index in [2.05, 4.69) is 4.98 Å². The maximum absolute atomic E-state index is 13.7. The number of halogens is 1. The second kappa shape index (κ2) is 4.40. The molecular weight excluding hydrogens is 233 g/mol. The van der Waals surface area contributed by atoms with Crippen LogP contribution >= 0.6 is 0 Å². The van der Waals surface area contributed by atoms with Crippen LogP contribution in [0.25, 0.3) is 0 Å². The van der Waals surface area contributed by atoms with Gasteiger partial charge in [-0.1, -0.05) is 0 Å². The molecule has 0 amide bonds. The quantitative estimate of drug-likeness (QED) is 0.579. The number of nitrogen functional groups attached to an aromatic ring is 1. The van der Waals surface area contributed by atoms with Gasteiger partial charge in [0.15, 0.2) is 12.4 Å². The van der Waals surface area contributed by atoms with Crippen LogP contribution in [0.1, 0.15) is 6.23 Å². The van der Waals surface area contributed by atoms with Crippen molar-refractivity contribution in [3.63, 3.8) is 0 Å². The van der Waals surface area contributed by atoms with E-state index in [1.54, 1.807) is 0 Å². The van der Waals surface area contributed by atoms with E-state index < -0.39 is 36.9 Å². The van der Waals surface area contributed by atoms with Crippen molar-refractivity contribution >= 4 is 5.82 Å². The lowest BCUT2D eigenvalue weighted by molar-refractivity contribution is -0.0490. The molecule has 8 heteroatoms. The van der Waals surface area contributed by atoms with E-state index >= 15 is 0 Å². The number of aliphatic hydroxyl groups excluding tert-OH is 2. The van der Waals surface area contributed by atoms with Gasteiger partial charge >= 0.3 is 5.69 Å². The second-order valence-electron chi connectivity index (χ2n) is 3.72. The fraction of sp³-hybridized carbons (Fsp3) is 0.556. The first kappa shape index (κ1) is 12.0. The Labute approximate surface area is 95.3 Å². The van der Waals surface area contributed by atoms with E-state index in [1.165, 1.54) is 12.3 Å².